The summed E-state index contributed by atoms with van der Waals surface area (Å²) in [6.45, 7) is 4.91. The van der Waals surface area contributed by atoms with Gasteiger partial charge in [0.05, 0.1) is 29.4 Å². The van der Waals surface area contributed by atoms with Crippen molar-refractivity contribution in [2.24, 2.45) is 0 Å². The smallest absolute Gasteiger partial charge is 0.196 e. The molecule has 0 spiro atoms. The summed E-state index contributed by atoms with van der Waals surface area (Å²) in [5, 5.41) is 10.0. The number of nitrogens with two attached hydrogens (primary N) is 1. The zero-order chi connectivity index (χ0) is 21.4. The van der Waals surface area contributed by atoms with Crippen LogP contribution in [-0.2, 0) is 6.61 Å². The second-order valence-corrected chi connectivity index (χ2v) is 7.57. The molecule has 1 aromatic heterocycles. The van der Waals surface area contributed by atoms with Crippen molar-refractivity contribution in [3.05, 3.63) is 53.9 Å². The minimum absolute atomic E-state index is 0.187. The molecule has 0 aliphatic carbocycles. The second-order valence-electron chi connectivity index (χ2n) is 7.57. The Balaban J connectivity index is 1.39. The number of para-hydroxylation sites is 2. The Bertz CT molecular complexity index is 1110. The first-order chi connectivity index (χ1) is 15.1. The molecule has 9 heteroatoms. The zero-order valence-corrected chi connectivity index (χ0v) is 17.2. The Morgan fingerprint density at radius 1 is 1.00 bits per heavy atom. The van der Waals surface area contributed by atoms with E-state index < -0.39 is 0 Å². The maximum absolute atomic E-state index is 10.0. The molecule has 5 rings (SSSR count). The topological polar surface area (TPSA) is 109 Å². The lowest BCUT2D eigenvalue weighted by molar-refractivity contribution is 0.0260. The highest BCUT2D eigenvalue weighted by Crippen LogP contribution is 2.35. The molecule has 0 bridgehead atoms. The molecule has 0 saturated carbocycles. The molecule has 0 amide bonds. The highest BCUT2D eigenvalue weighted by atomic mass is 16.9. The molecule has 0 unspecified atom stereocenters. The van der Waals surface area contributed by atoms with Crippen LogP contribution in [0.3, 0.4) is 0 Å². The molecule has 3 heterocycles. The predicted molar refractivity (Wildman–Crippen MR) is 118 cm³/mol. The van der Waals surface area contributed by atoms with Gasteiger partial charge in [-0.3, -0.25) is 0 Å². The molecule has 3 aromatic rings. The lowest BCUT2D eigenvalue weighted by Gasteiger charge is -2.37. The van der Waals surface area contributed by atoms with E-state index in [1.54, 1.807) is 0 Å². The molecule has 0 atom stereocenters. The average Bonchev–Trinajstić information content (AvgIpc) is 3.27. The van der Waals surface area contributed by atoms with Crippen molar-refractivity contribution in [1.29, 1.82) is 0 Å². The number of aryl methyl sites for hydroxylation is 1. The van der Waals surface area contributed by atoms with Crippen molar-refractivity contribution in [3.8, 4) is 22.8 Å². The predicted octanol–water partition coefficient (Wildman–Crippen LogP) is 2.04. The largest absolute Gasteiger partial charge is 0.397 e. The number of fused-ring (bicyclic) bond motifs is 1. The number of hydrogen-bond donors (Lipinski definition) is 3. The van der Waals surface area contributed by atoms with Crippen LogP contribution in [0.15, 0.2) is 42.5 Å². The minimum atomic E-state index is -0.187. The number of aliphatic hydroxyl groups excluding tert-OH is 1. The van der Waals surface area contributed by atoms with Crippen LogP contribution in [0, 0.1) is 6.92 Å². The van der Waals surface area contributed by atoms with Crippen molar-refractivity contribution in [2.45, 2.75) is 13.5 Å². The molecule has 9 nitrogen and oxygen atoms in total. The molecule has 160 valence electrons. The van der Waals surface area contributed by atoms with Gasteiger partial charge >= 0.3 is 0 Å². The summed E-state index contributed by atoms with van der Waals surface area (Å²) in [5.41, 5.74) is 13.3. The maximum atomic E-state index is 10.0. The third-order valence-corrected chi connectivity index (χ3v) is 5.65. The van der Waals surface area contributed by atoms with Crippen molar-refractivity contribution in [3.63, 3.8) is 0 Å². The molecular formula is C22H24N6O3. The van der Waals surface area contributed by atoms with E-state index in [2.05, 4.69) is 15.4 Å². The van der Waals surface area contributed by atoms with Crippen molar-refractivity contribution >= 4 is 17.2 Å². The fourth-order valence-corrected chi connectivity index (χ4v) is 4.04. The standard InChI is InChI=1S/C22H24N6O3/c1-14-21(15-6-7-19-20(12-15)31-26-30-19)25-17(13-29)22(24-14)28-10-8-27(9-11-28)18-5-3-2-4-16(18)23/h2-7,12,26,29H,8-11,13,23H2,1H3. The van der Waals surface area contributed by atoms with Gasteiger partial charge in [0, 0.05) is 37.4 Å². The summed E-state index contributed by atoms with van der Waals surface area (Å²) < 4.78 is 0. The third-order valence-electron chi connectivity index (χ3n) is 5.65. The number of nitrogens with zero attached hydrogens (tertiary/aromatic N) is 4. The lowest BCUT2D eigenvalue weighted by Crippen LogP contribution is -2.47. The first kappa shape index (κ1) is 19.4. The Labute approximate surface area is 180 Å². The quantitative estimate of drug-likeness (QED) is 0.546. The van der Waals surface area contributed by atoms with Crippen LogP contribution < -0.4 is 30.9 Å². The van der Waals surface area contributed by atoms with E-state index in [0.29, 0.717) is 22.9 Å². The Morgan fingerprint density at radius 3 is 2.52 bits per heavy atom. The van der Waals surface area contributed by atoms with E-state index in [1.807, 2.05) is 49.4 Å². The Hall–Kier alpha value is -3.56. The summed E-state index contributed by atoms with van der Waals surface area (Å²) in [7, 11) is 0. The molecule has 2 aromatic carbocycles. The summed E-state index contributed by atoms with van der Waals surface area (Å²) >= 11 is 0. The van der Waals surface area contributed by atoms with Crippen LogP contribution in [0.5, 0.6) is 11.5 Å². The van der Waals surface area contributed by atoms with Crippen molar-refractivity contribution in [1.82, 2.24) is 15.6 Å². The van der Waals surface area contributed by atoms with Gasteiger partial charge < -0.3 is 30.3 Å². The second kappa shape index (κ2) is 7.93. The number of nitrogens with one attached hydrogen (secondary N) is 1. The fraction of sp³-hybridized carbons (Fsp3) is 0.273. The van der Waals surface area contributed by atoms with E-state index in [0.717, 1.165) is 54.6 Å². The van der Waals surface area contributed by atoms with E-state index in [9.17, 15) is 5.11 Å². The molecule has 31 heavy (non-hydrogen) atoms. The molecule has 2 aliphatic rings. The number of piperazine rings is 1. The molecule has 0 radical (unpaired) electrons. The number of anilines is 3. The lowest BCUT2D eigenvalue weighted by atomic mass is 10.1. The summed E-state index contributed by atoms with van der Waals surface area (Å²) in [6, 6.07) is 13.5. The van der Waals surface area contributed by atoms with Crippen LogP contribution in [0.2, 0.25) is 0 Å². The van der Waals surface area contributed by atoms with Gasteiger partial charge in [0.25, 0.3) is 0 Å². The van der Waals surface area contributed by atoms with Gasteiger partial charge in [0.1, 0.15) is 5.69 Å². The number of hydrogen-bond acceptors (Lipinski definition) is 9. The number of aromatic nitrogens is 2. The normalized spacial score (nSPS) is 15.4. The first-order valence-corrected chi connectivity index (χ1v) is 10.2. The van der Waals surface area contributed by atoms with Crippen molar-refractivity contribution in [2.75, 3.05) is 41.7 Å². The van der Waals surface area contributed by atoms with Crippen LogP contribution in [0.4, 0.5) is 17.2 Å². The average molecular weight is 420 g/mol. The highest BCUT2D eigenvalue weighted by molar-refractivity contribution is 5.69. The number of nitrogen functional groups attached to an aromatic ring is 1. The van der Waals surface area contributed by atoms with Gasteiger partial charge in [0.15, 0.2) is 17.3 Å². The van der Waals surface area contributed by atoms with Gasteiger partial charge in [0.2, 0.25) is 0 Å². The molecule has 2 aliphatic heterocycles. The number of aliphatic hydroxyl groups is 1. The monoisotopic (exact) mass is 420 g/mol. The summed E-state index contributed by atoms with van der Waals surface area (Å²) in [6.07, 6.45) is 0. The molecule has 4 N–H and O–H groups in total. The van der Waals surface area contributed by atoms with Crippen LogP contribution in [-0.4, -0.2) is 41.3 Å². The van der Waals surface area contributed by atoms with Gasteiger partial charge in [-0.1, -0.05) is 12.1 Å². The fourth-order valence-electron chi connectivity index (χ4n) is 4.04. The van der Waals surface area contributed by atoms with E-state index in [1.165, 1.54) is 0 Å². The van der Waals surface area contributed by atoms with E-state index in [4.69, 9.17) is 25.4 Å². The Kier molecular flexibility index (Phi) is 4.97. The highest BCUT2D eigenvalue weighted by Gasteiger charge is 2.24. The van der Waals surface area contributed by atoms with Gasteiger partial charge in [-0.15, -0.1) is 0 Å². The minimum Gasteiger partial charge on any atom is -0.397 e. The van der Waals surface area contributed by atoms with Crippen LogP contribution >= 0.6 is 0 Å². The first-order valence-electron chi connectivity index (χ1n) is 10.2. The Morgan fingerprint density at radius 2 is 1.74 bits per heavy atom. The van der Waals surface area contributed by atoms with E-state index >= 15 is 0 Å². The van der Waals surface area contributed by atoms with Gasteiger partial charge in [-0.2, -0.15) is 0 Å². The molecule has 1 fully saturated rings. The zero-order valence-electron chi connectivity index (χ0n) is 17.2. The number of benzene rings is 2. The summed E-state index contributed by atoms with van der Waals surface area (Å²) in [4.78, 5) is 24.4. The molecule has 1 saturated heterocycles. The summed E-state index contributed by atoms with van der Waals surface area (Å²) in [5.74, 6) is 1.93. The SMILES string of the molecule is Cc1nc(N2CCN(c3ccccc3N)CC2)c(CO)nc1-c1ccc2c(c1)ONO2. The molecular weight excluding hydrogens is 396 g/mol. The van der Waals surface area contributed by atoms with Crippen LogP contribution in [0.25, 0.3) is 11.3 Å². The maximum Gasteiger partial charge on any atom is 0.196 e. The van der Waals surface area contributed by atoms with Gasteiger partial charge in [-0.25, -0.2) is 9.97 Å². The van der Waals surface area contributed by atoms with Crippen molar-refractivity contribution < 1.29 is 14.8 Å². The third kappa shape index (κ3) is 3.58. The van der Waals surface area contributed by atoms with Crippen LogP contribution in [0.1, 0.15) is 11.4 Å². The van der Waals surface area contributed by atoms with Gasteiger partial charge in [-0.05, 0) is 37.3 Å². The number of rotatable bonds is 4. The van der Waals surface area contributed by atoms with E-state index in [-0.39, 0.29) is 6.61 Å².